The summed E-state index contributed by atoms with van der Waals surface area (Å²) in [6, 6.07) is 15.6. The number of ether oxygens (including phenoxy) is 1. The Balaban J connectivity index is 2.25. The number of hydrogen-bond donors (Lipinski definition) is 1. The topological polar surface area (TPSA) is 59.4 Å². The molecule has 3 aromatic rings. The number of carbonyl (C=O) groups excluding carboxylic acids is 1. The molecule has 0 fully saturated rings. The van der Waals surface area contributed by atoms with E-state index in [1.165, 1.54) is 0 Å². The number of aliphatic hydroxyl groups excluding tert-OH is 1. The minimum atomic E-state index is -0.182. The van der Waals surface area contributed by atoms with Gasteiger partial charge < -0.3 is 9.84 Å². The van der Waals surface area contributed by atoms with Crippen LogP contribution in [-0.2, 0) is 0 Å². The minimum absolute atomic E-state index is 0.0683. The third-order valence-electron chi connectivity index (χ3n) is 3.77. The molecule has 0 atom stereocenters. The van der Waals surface area contributed by atoms with Gasteiger partial charge in [-0.05, 0) is 29.1 Å². The third kappa shape index (κ3) is 2.94. The third-order valence-corrected chi connectivity index (χ3v) is 3.77. The summed E-state index contributed by atoms with van der Waals surface area (Å²) >= 11 is 0. The zero-order valence-corrected chi connectivity index (χ0v) is 12.8. The molecule has 1 heterocycles. The van der Waals surface area contributed by atoms with Crippen LogP contribution in [0, 0.1) is 0 Å². The van der Waals surface area contributed by atoms with Gasteiger partial charge in [0.2, 0.25) is 0 Å². The summed E-state index contributed by atoms with van der Waals surface area (Å²) in [6.45, 7) is -0.182. The molecule has 3 rings (SSSR count). The first-order valence-electron chi connectivity index (χ1n) is 7.41. The molecule has 1 N–H and O–H groups in total. The van der Waals surface area contributed by atoms with Crippen molar-refractivity contribution in [3.05, 3.63) is 60.4 Å². The zero-order chi connectivity index (χ0) is 16.2. The molecule has 4 nitrogen and oxygen atoms in total. The van der Waals surface area contributed by atoms with Crippen LogP contribution in [0.3, 0.4) is 0 Å². The molecular formula is C19H17NO3. The molecule has 4 heteroatoms. The summed E-state index contributed by atoms with van der Waals surface area (Å²) in [7, 11) is 1.63. The molecular weight excluding hydrogens is 290 g/mol. The van der Waals surface area contributed by atoms with Gasteiger partial charge in [-0.3, -0.25) is 9.78 Å². The van der Waals surface area contributed by atoms with Crippen molar-refractivity contribution in [2.24, 2.45) is 0 Å². The Bertz CT molecular complexity index is 844. The van der Waals surface area contributed by atoms with Gasteiger partial charge in [0.05, 0.1) is 13.7 Å². The van der Waals surface area contributed by atoms with Gasteiger partial charge in [-0.2, -0.15) is 0 Å². The second-order valence-electron chi connectivity index (χ2n) is 5.20. The molecule has 0 saturated carbocycles. The molecule has 0 spiro atoms. The van der Waals surface area contributed by atoms with Crippen molar-refractivity contribution >= 4 is 16.6 Å². The first-order valence-corrected chi connectivity index (χ1v) is 7.41. The van der Waals surface area contributed by atoms with Crippen LogP contribution in [0.2, 0.25) is 0 Å². The number of benzene rings is 2. The van der Waals surface area contributed by atoms with Crippen LogP contribution in [0.15, 0.2) is 54.7 Å². The summed E-state index contributed by atoms with van der Waals surface area (Å²) < 4.78 is 5.51. The average Bonchev–Trinajstić information content (AvgIpc) is 2.61. The molecule has 0 radical (unpaired) electrons. The van der Waals surface area contributed by atoms with Crippen LogP contribution in [0.5, 0.6) is 5.75 Å². The molecule has 0 aliphatic carbocycles. The van der Waals surface area contributed by atoms with Gasteiger partial charge in [-0.25, -0.2) is 0 Å². The number of Topliss-reactive ketones (excluding diaryl/α,β-unsaturated/α-hetero) is 1. The van der Waals surface area contributed by atoms with Crippen molar-refractivity contribution in [3.63, 3.8) is 0 Å². The van der Waals surface area contributed by atoms with Gasteiger partial charge in [0, 0.05) is 23.6 Å². The number of methoxy groups -OCH3 is 1. The smallest absolute Gasteiger partial charge is 0.184 e. The lowest BCUT2D eigenvalue weighted by Crippen LogP contribution is -2.05. The van der Waals surface area contributed by atoms with Crippen molar-refractivity contribution in [1.82, 2.24) is 4.98 Å². The van der Waals surface area contributed by atoms with Gasteiger partial charge in [0.1, 0.15) is 11.4 Å². The Morgan fingerprint density at radius 1 is 1.17 bits per heavy atom. The maximum absolute atomic E-state index is 12.2. The van der Waals surface area contributed by atoms with Crippen molar-refractivity contribution in [1.29, 1.82) is 0 Å². The van der Waals surface area contributed by atoms with Gasteiger partial charge in [0.15, 0.2) is 5.78 Å². The molecule has 0 bridgehead atoms. The molecule has 0 unspecified atom stereocenters. The number of nitrogens with zero attached hydrogens (tertiary/aromatic N) is 1. The first-order chi connectivity index (χ1) is 11.2. The quantitative estimate of drug-likeness (QED) is 0.733. The minimum Gasteiger partial charge on any atom is -0.496 e. The highest BCUT2D eigenvalue weighted by Gasteiger charge is 2.15. The number of pyridine rings is 1. The summed E-state index contributed by atoms with van der Waals surface area (Å²) in [5.41, 5.74) is 2.30. The van der Waals surface area contributed by atoms with Gasteiger partial charge in [-0.15, -0.1) is 0 Å². The van der Waals surface area contributed by atoms with E-state index in [2.05, 4.69) is 4.98 Å². The highest BCUT2D eigenvalue weighted by Crippen LogP contribution is 2.35. The molecule has 23 heavy (non-hydrogen) atoms. The number of ketones is 1. The van der Waals surface area contributed by atoms with Crippen molar-refractivity contribution in [2.75, 3.05) is 13.7 Å². The number of fused-ring (bicyclic) bond motifs is 1. The zero-order valence-electron chi connectivity index (χ0n) is 12.8. The molecule has 0 aliphatic heterocycles. The number of aromatic nitrogens is 1. The Morgan fingerprint density at radius 3 is 2.65 bits per heavy atom. The number of carbonyl (C=O) groups is 1. The SMILES string of the molecule is COc1cc2ccnc(C(=O)CCO)c2cc1-c1ccccc1. The fourth-order valence-corrected chi connectivity index (χ4v) is 2.65. The van der Waals surface area contributed by atoms with Crippen LogP contribution in [0.1, 0.15) is 16.9 Å². The summed E-state index contributed by atoms with van der Waals surface area (Å²) in [4.78, 5) is 16.4. The molecule has 1 aromatic heterocycles. The van der Waals surface area contributed by atoms with E-state index >= 15 is 0 Å². The Labute approximate surface area is 134 Å². The largest absolute Gasteiger partial charge is 0.496 e. The van der Waals surface area contributed by atoms with E-state index in [0.29, 0.717) is 5.69 Å². The summed E-state index contributed by atoms with van der Waals surface area (Å²) in [5.74, 6) is 0.581. The predicted molar refractivity (Wildman–Crippen MR) is 89.8 cm³/mol. The van der Waals surface area contributed by atoms with Gasteiger partial charge in [0.25, 0.3) is 0 Å². The second-order valence-corrected chi connectivity index (χ2v) is 5.20. The highest BCUT2D eigenvalue weighted by atomic mass is 16.5. The van der Waals surface area contributed by atoms with Gasteiger partial charge >= 0.3 is 0 Å². The molecule has 0 amide bonds. The van der Waals surface area contributed by atoms with Crippen LogP contribution >= 0.6 is 0 Å². The number of aliphatic hydroxyl groups is 1. The molecule has 0 aliphatic rings. The molecule has 116 valence electrons. The lowest BCUT2D eigenvalue weighted by Gasteiger charge is -2.12. The Morgan fingerprint density at radius 2 is 1.96 bits per heavy atom. The van der Waals surface area contributed by atoms with Crippen molar-refractivity contribution in [2.45, 2.75) is 6.42 Å². The predicted octanol–water partition coefficient (Wildman–Crippen LogP) is 3.48. The van der Waals surface area contributed by atoms with Crippen LogP contribution in [-0.4, -0.2) is 29.6 Å². The second kappa shape index (κ2) is 6.58. The normalized spacial score (nSPS) is 10.7. The van der Waals surface area contributed by atoms with E-state index in [-0.39, 0.29) is 18.8 Å². The molecule has 0 saturated heterocycles. The summed E-state index contributed by atoms with van der Waals surface area (Å²) in [5, 5.41) is 10.7. The van der Waals surface area contributed by atoms with Crippen LogP contribution < -0.4 is 4.74 Å². The highest BCUT2D eigenvalue weighted by molar-refractivity contribution is 6.07. The van der Waals surface area contributed by atoms with E-state index in [4.69, 9.17) is 9.84 Å². The van der Waals surface area contributed by atoms with E-state index in [9.17, 15) is 4.79 Å². The maximum Gasteiger partial charge on any atom is 0.184 e. The maximum atomic E-state index is 12.2. The van der Waals surface area contributed by atoms with E-state index in [0.717, 1.165) is 27.6 Å². The lowest BCUT2D eigenvalue weighted by molar-refractivity contribution is 0.0953. The van der Waals surface area contributed by atoms with E-state index in [1.54, 1.807) is 13.3 Å². The Hall–Kier alpha value is -2.72. The van der Waals surface area contributed by atoms with Crippen LogP contribution in [0.4, 0.5) is 0 Å². The lowest BCUT2D eigenvalue weighted by atomic mass is 9.98. The average molecular weight is 307 g/mol. The fraction of sp³-hybridized carbons (Fsp3) is 0.158. The van der Waals surface area contributed by atoms with Crippen molar-refractivity contribution < 1.29 is 14.6 Å². The van der Waals surface area contributed by atoms with E-state index in [1.807, 2.05) is 48.5 Å². The first kappa shape index (κ1) is 15.2. The molecule has 2 aromatic carbocycles. The number of hydrogen-bond acceptors (Lipinski definition) is 4. The number of rotatable bonds is 5. The summed E-state index contributed by atoms with van der Waals surface area (Å²) in [6.07, 6.45) is 1.67. The van der Waals surface area contributed by atoms with Crippen molar-refractivity contribution in [3.8, 4) is 16.9 Å². The Kier molecular flexibility index (Phi) is 4.35. The fourth-order valence-electron chi connectivity index (χ4n) is 2.65. The van der Waals surface area contributed by atoms with Gasteiger partial charge in [-0.1, -0.05) is 30.3 Å². The standard InChI is InChI=1S/C19H17NO3/c1-23-18-11-14-7-9-20-19(17(22)8-10-21)16(14)12-15(18)13-5-3-2-4-6-13/h2-7,9,11-12,21H,8,10H2,1H3. The van der Waals surface area contributed by atoms with Crippen LogP contribution in [0.25, 0.3) is 21.9 Å². The monoisotopic (exact) mass is 307 g/mol. The van der Waals surface area contributed by atoms with E-state index < -0.39 is 0 Å².